The first kappa shape index (κ1) is 21.1. The Labute approximate surface area is 141 Å². The summed E-state index contributed by atoms with van der Waals surface area (Å²) < 4.78 is 5.74. The highest BCUT2D eigenvalue weighted by Crippen LogP contribution is 2.29. The fourth-order valence-electron chi connectivity index (χ4n) is 2.08. The van der Waals surface area contributed by atoms with E-state index in [-0.39, 0.29) is 0 Å². The van der Waals surface area contributed by atoms with Gasteiger partial charge in [0.2, 0.25) is 0 Å². The molecule has 0 fully saturated rings. The Morgan fingerprint density at radius 1 is 0.762 bits per heavy atom. The predicted octanol–water partition coefficient (Wildman–Crippen LogP) is 7.35. The second-order valence-corrected chi connectivity index (χ2v) is 7.65. The highest BCUT2D eigenvalue weighted by Gasteiger charge is 2.10. The lowest BCUT2D eigenvalue weighted by atomic mass is 10.1. The molecule has 0 aliphatic carbocycles. The maximum atomic E-state index is 5.74. The van der Waals surface area contributed by atoms with Gasteiger partial charge in [-0.1, -0.05) is 77.4 Å². The molecule has 0 bridgehead atoms. The van der Waals surface area contributed by atoms with Crippen LogP contribution in [0.5, 0.6) is 0 Å². The molecule has 2 unspecified atom stereocenters. The number of rotatable bonds is 16. The first-order chi connectivity index (χ1) is 10.3. The SMILES string of the molecule is C=CC(CCCCCC)SOSC(C=C)CCCCCC. The van der Waals surface area contributed by atoms with Crippen molar-refractivity contribution in [1.82, 2.24) is 0 Å². The second kappa shape index (κ2) is 16.5. The monoisotopic (exact) mass is 330 g/mol. The smallest absolute Gasteiger partial charge is 0.0501 e. The lowest BCUT2D eigenvalue weighted by Gasteiger charge is -2.14. The third kappa shape index (κ3) is 13.5. The molecule has 3 heteroatoms. The van der Waals surface area contributed by atoms with Gasteiger partial charge in [0.25, 0.3) is 0 Å². The van der Waals surface area contributed by atoms with Gasteiger partial charge in [-0.3, -0.25) is 0 Å². The van der Waals surface area contributed by atoms with Crippen molar-refractivity contribution in [3.8, 4) is 0 Å². The van der Waals surface area contributed by atoms with Crippen molar-refractivity contribution < 1.29 is 3.63 Å². The van der Waals surface area contributed by atoms with Crippen LogP contribution < -0.4 is 0 Å². The molecule has 0 rings (SSSR count). The van der Waals surface area contributed by atoms with Crippen LogP contribution in [0.4, 0.5) is 0 Å². The minimum absolute atomic E-state index is 0.417. The van der Waals surface area contributed by atoms with Gasteiger partial charge in [0, 0.05) is 24.1 Å². The van der Waals surface area contributed by atoms with Crippen LogP contribution in [0.15, 0.2) is 25.3 Å². The summed E-state index contributed by atoms with van der Waals surface area (Å²) in [5, 5.41) is 0.833. The molecule has 0 aromatic carbocycles. The fraction of sp³-hybridized carbons (Fsp3) is 0.778. The molecule has 0 N–H and O–H groups in total. The summed E-state index contributed by atoms with van der Waals surface area (Å²) in [6.45, 7) is 12.3. The fourth-order valence-corrected chi connectivity index (χ4v) is 3.75. The average Bonchev–Trinajstić information content (AvgIpc) is 2.51. The minimum atomic E-state index is 0.417. The van der Waals surface area contributed by atoms with E-state index < -0.39 is 0 Å². The summed E-state index contributed by atoms with van der Waals surface area (Å²) in [6, 6.07) is 0. The molecule has 1 nitrogen and oxygen atoms in total. The second-order valence-electron chi connectivity index (χ2n) is 5.51. The van der Waals surface area contributed by atoms with Gasteiger partial charge in [0.05, 0.1) is 10.5 Å². The molecule has 0 amide bonds. The maximum absolute atomic E-state index is 5.74. The van der Waals surface area contributed by atoms with E-state index in [1.807, 2.05) is 12.2 Å². The first-order valence-corrected chi connectivity index (χ1v) is 10.1. The van der Waals surface area contributed by atoms with Gasteiger partial charge in [-0.25, -0.2) is 3.63 Å². The van der Waals surface area contributed by atoms with Gasteiger partial charge < -0.3 is 0 Å². The van der Waals surface area contributed by atoms with Crippen molar-refractivity contribution in [2.45, 2.75) is 88.6 Å². The Bertz CT molecular complexity index is 219. The van der Waals surface area contributed by atoms with Crippen LogP contribution in [0.3, 0.4) is 0 Å². The number of hydrogen-bond acceptors (Lipinski definition) is 3. The van der Waals surface area contributed by atoms with Crippen molar-refractivity contribution in [3.63, 3.8) is 0 Å². The van der Waals surface area contributed by atoms with Gasteiger partial charge in [-0.05, 0) is 12.8 Å². The molecular weight excluding hydrogens is 296 g/mol. The van der Waals surface area contributed by atoms with Crippen LogP contribution in [0.25, 0.3) is 0 Å². The Morgan fingerprint density at radius 2 is 1.19 bits per heavy atom. The highest BCUT2D eigenvalue weighted by atomic mass is 32.2. The van der Waals surface area contributed by atoms with Gasteiger partial charge >= 0.3 is 0 Å². The summed E-state index contributed by atoms with van der Waals surface area (Å²) >= 11 is 3.13. The zero-order valence-corrected chi connectivity index (χ0v) is 15.7. The molecule has 0 saturated carbocycles. The summed E-state index contributed by atoms with van der Waals surface area (Å²) in [5.74, 6) is 0. The lowest BCUT2D eigenvalue weighted by molar-refractivity contribution is 0.625. The van der Waals surface area contributed by atoms with Crippen molar-refractivity contribution >= 4 is 24.1 Å². The lowest BCUT2D eigenvalue weighted by Crippen LogP contribution is -2.01. The van der Waals surface area contributed by atoms with Crippen molar-refractivity contribution in [3.05, 3.63) is 25.3 Å². The summed E-state index contributed by atoms with van der Waals surface area (Å²) in [4.78, 5) is 0. The van der Waals surface area contributed by atoms with Crippen LogP contribution in [-0.2, 0) is 3.63 Å². The van der Waals surface area contributed by atoms with Crippen LogP contribution in [0, 0.1) is 0 Å². The van der Waals surface area contributed by atoms with E-state index in [4.69, 9.17) is 3.63 Å². The molecule has 0 heterocycles. The van der Waals surface area contributed by atoms with E-state index in [2.05, 4.69) is 27.0 Å². The molecule has 2 atom stereocenters. The Morgan fingerprint density at radius 3 is 1.52 bits per heavy atom. The van der Waals surface area contributed by atoms with Crippen LogP contribution >= 0.6 is 24.1 Å². The number of hydrogen-bond donors (Lipinski definition) is 0. The average molecular weight is 331 g/mol. The van der Waals surface area contributed by atoms with Gasteiger partial charge in [-0.15, -0.1) is 13.2 Å². The van der Waals surface area contributed by atoms with Gasteiger partial charge in [0.1, 0.15) is 0 Å². The summed E-state index contributed by atoms with van der Waals surface area (Å²) in [6.07, 6.45) is 16.8. The molecule has 0 aromatic rings. The topological polar surface area (TPSA) is 9.23 Å². The maximum Gasteiger partial charge on any atom is 0.0501 e. The molecule has 21 heavy (non-hydrogen) atoms. The van der Waals surface area contributed by atoms with E-state index in [9.17, 15) is 0 Å². The Balaban J connectivity index is 3.69. The van der Waals surface area contributed by atoms with Crippen LogP contribution in [0.2, 0.25) is 0 Å². The Hall–Kier alpha value is 0.140. The zero-order valence-electron chi connectivity index (χ0n) is 14.0. The van der Waals surface area contributed by atoms with E-state index in [1.54, 1.807) is 24.1 Å². The van der Waals surface area contributed by atoms with E-state index in [0.717, 1.165) is 0 Å². The molecule has 124 valence electrons. The summed E-state index contributed by atoms with van der Waals surface area (Å²) in [5.41, 5.74) is 0. The highest BCUT2D eigenvalue weighted by molar-refractivity contribution is 8.08. The zero-order chi connectivity index (χ0) is 15.8. The Kier molecular flexibility index (Phi) is 16.6. The quantitative estimate of drug-likeness (QED) is 0.166. The standard InChI is InChI=1S/C18H34OS2/c1-5-9-11-13-15-17(7-3)20-19-21-18(8-4)16-14-12-10-6-2/h7-8,17-18H,3-6,9-16H2,1-2H3. The molecule has 0 aliphatic rings. The van der Waals surface area contributed by atoms with Gasteiger partial charge in [0.15, 0.2) is 0 Å². The van der Waals surface area contributed by atoms with Crippen molar-refractivity contribution in [2.75, 3.05) is 0 Å². The van der Waals surface area contributed by atoms with Crippen LogP contribution in [-0.4, -0.2) is 10.5 Å². The predicted molar refractivity (Wildman–Crippen MR) is 102 cm³/mol. The van der Waals surface area contributed by atoms with E-state index in [1.165, 1.54) is 64.2 Å². The summed E-state index contributed by atoms with van der Waals surface area (Å²) in [7, 11) is 0. The molecule has 0 aromatic heterocycles. The molecule has 0 spiro atoms. The number of unbranched alkanes of at least 4 members (excludes halogenated alkanes) is 6. The largest absolute Gasteiger partial charge is 0.246 e. The third-order valence-electron chi connectivity index (χ3n) is 3.54. The van der Waals surface area contributed by atoms with E-state index >= 15 is 0 Å². The third-order valence-corrected chi connectivity index (χ3v) is 5.52. The molecule has 0 aliphatic heterocycles. The first-order valence-electron chi connectivity index (χ1n) is 8.52. The normalized spacial score (nSPS) is 13.8. The van der Waals surface area contributed by atoms with Crippen molar-refractivity contribution in [1.29, 1.82) is 0 Å². The van der Waals surface area contributed by atoms with Crippen LogP contribution in [0.1, 0.15) is 78.1 Å². The van der Waals surface area contributed by atoms with Crippen molar-refractivity contribution in [2.24, 2.45) is 0 Å². The minimum Gasteiger partial charge on any atom is -0.246 e. The molecular formula is C18H34OS2. The van der Waals surface area contributed by atoms with Gasteiger partial charge in [-0.2, -0.15) is 0 Å². The van der Waals surface area contributed by atoms with E-state index in [0.29, 0.717) is 10.5 Å². The molecule has 0 radical (unpaired) electrons. The molecule has 0 saturated heterocycles.